The highest BCUT2D eigenvalue weighted by Crippen LogP contribution is 2.36. The quantitative estimate of drug-likeness (QED) is 0.473. The molecule has 0 aromatic heterocycles. The van der Waals surface area contributed by atoms with Gasteiger partial charge in [0.2, 0.25) is 0 Å². The molecule has 1 N–H and O–H groups in total. The molecule has 28 heavy (non-hydrogen) atoms. The summed E-state index contributed by atoms with van der Waals surface area (Å²) in [6, 6.07) is 19.1. The molecule has 0 aliphatic rings. The molecule has 0 amide bonds. The third-order valence-electron chi connectivity index (χ3n) is 4.18. The maximum atomic E-state index is 6.26. The summed E-state index contributed by atoms with van der Waals surface area (Å²) < 4.78 is 16.7. The summed E-state index contributed by atoms with van der Waals surface area (Å²) in [5.41, 5.74) is 2.81. The lowest BCUT2D eigenvalue weighted by atomic mass is 10.1. The van der Waals surface area contributed by atoms with Gasteiger partial charge >= 0.3 is 0 Å². The van der Waals surface area contributed by atoms with E-state index in [4.69, 9.17) is 37.4 Å². The van der Waals surface area contributed by atoms with Gasteiger partial charge in [0, 0.05) is 28.9 Å². The summed E-state index contributed by atoms with van der Waals surface area (Å²) in [4.78, 5) is 0. The minimum Gasteiger partial charge on any atom is -0.495 e. The SMILES string of the molecule is COc1ccc(NCc2cc(Cl)cc(OC)c2OCc2ccccc2)cc1Cl. The average Bonchev–Trinajstić information content (AvgIpc) is 2.71. The van der Waals surface area contributed by atoms with Crippen molar-refractivity contribution in [1.29, 1.82) is 0 Å². The van der Waals surface area contributed by atoms with E-state index >= 15 is 0 Å². The molecule has 0 saturated heterocycles. The van der Waals surface area contributed by atoms with Gasteiger partial charge in [-0.2, -0.15) is 0 Å². The van der Waals surface area contributed by atoms with Gasteiger partial charge in [0.15, 0.2) is 11.5 Å². The third-order valence-corrected chi connectivity index (χ3v) is 4.69. The molecule has 3 aromatic rings. The summed E-state index contributed by atoms with van der Waals surface area (Å²) >= 11 is 12.5. The van der Waals surface area contributed by atoms with Crippen molar-refractivity contribution >= 4 is 28.9 Å². The van der Waals surface area contributed by atoms with E-state index < -0.39 is 0 Å². The van der Waals surface area contributed by atoms with E-state index in [1.54, 1.807) is 20.3 Å². The summed E-state index contributed by atoms with van der Waals surface area (Å²) in [6.07, 6.45) is 0. The Balaban J connectivity index is 1.80. The Kier molecular flexibility index (Phi) is 6.90. The van der Waals surface area contributed by atoms with Gasteiger partial charge in [-0.25, -0.2) is 0 Å². The molecule has 0 spiro atoms. The predicted octanol–water partition coefficient (Wildman–Crippen LogP) is 6.20. The second-order valence-electron chi connectivity index (χ2n) is 6.07. The zero-order valence-corrected chi connectivity index (χ0v) is 17.2. The van der Waals surface area contributed by atoms with Gasteiger partial charge in [-0.05, 0) is 29.8 Å². The fourth-order valence-electron chi connectivity index (χ4n) is 2.77. The van der Waals surface area contributed by atoms with Crippen LogP contribution in [0.1, 0.15) is 11.1 Å². The molecule has 0 saturated carbocycles. The first kappa shape index (κ1) is 20.2. The summed E-state index contributed by atoms with van der Waals surface area (Å²) in [6.45, 7) is 0.921. The molecule has 0 atom stereocenters. The lowest BCUT2D eigenvalue weighted by Gasteiger charge is -2.17. The van der Waals surface area contributed by atoms with Crippen LogP contribution in [0.2, 0.25) is 10.0 Å². The van der Waals surface area contributed by atoms with E-state index in [1.807, 2.05) is 54.6 Å². The monoisotopic (exact) mass is 417 g/mol. The first-order valence-electron chi connectivity index (χ1n) is 8.71. The first-order valence-corrected chi connectivity index (χ1v) is 9.47. The molecular weight excluding hydrogens is 397 g/mol. The van der Waals surface area contributed by atoms with Crippen molar-refractivity contribution in [2.24, 2.45) is 0 Å². The fraction of sp³-hybridized carbons (Fsp3) is 0.182. The van der Waals surface area contributed by atoms with E-state index in [9.17, 15) is 0 Å². The smallest absolute Gasteiger partial charge is 0.166 e. The number of halogens is 2. The topological polar surface area (TPSA) is 39.7 Å². The van der Waals surface area contributed by atoms with Crippen molar-refractivity contribution in [2.45, 2.75) is 13.2 Å². The largest absolute Gasteiger partial charge is 0.495 e. The van der Waals surface area contributed by atoms with Crippen molar-refractivity contribution < 1.29 is 14.2 Å². The third kappa shape index (κ3) is 5.03. The van der Waals surface area contributed by atoms with Crippen LogP contribution in [0.4, 0.5) is 5.69 Å². The molecule has 146 valence electrons. The van der Waals surface area contributed by atoms with Gasteiger partial charge in [-0.1, -0.05) is 53.5 Å². The molecule has 3 aromatic carbocycles. The number of hydrogen-bond donors (Lipinski definition) is 1. The van der Waals surface area contributed by atoms with Gasteiger partial charge in [-0.15, -0.1) is 0 Å². The number of hydrogen-bond acceptors (Lipinski definition) is 4. The average molecular weight is 418 g/mol. The van der Waals surface area contributed by atoms with E-state index in [0.717, 1.165) is 16.8 Å². The number of rotatable bonds is 8. The van der Waals surface area contributed by atoms with Crippen molar-refractivity contribution in [2.75, 3.05) is 19.5 Å². The lowest BCUT2D eigenvalue weighted by molar-refractivity contribution is 0.281. The molecule has 0 bridgehead atoms. The molecule has 0 radical (unpaired) electrons. The molecule has 0 unspecified atom stereocenters. The van der Waals surface area contributed by atoms with Crippen molar-refractivity contribution in [3.8, 4) is 17.2 Å². The standard InChI is InChI=1S/C22H21Cl2NO3/c1-26-20-9-8-18(12-19(20)24)25-13-16-10-17(23)11-21(27-2)22(16)28-14-15-6-4-3-5-7-15/h3-12,25H,13-14H2,1-2H3. The lowest BCUT2D eigenvalue weighted by Crippen LogP contribution is -2.05. The van der Waals surface area contributed by atoms with Gasteiger partial charge < -0.3 is 19.5 Å². The predicted molar refractivity (Wildman–Crippen MR) is 114 cm³/mol. The second-order valence-corrected chi connectivity index (χ2v) is 6.92. The summed E-state index contributed by atoms with van der Waals surface area (Å²) in [7, 11) is 3.18. The summed E-state index contributed by atoms with van der Waals surface area (Å²) in [5.74, 6) is 1.87. The number of methoxy groups -OCH3 is 2. The van der Waals surface area contributed by atoms with Crippen molar-refractivity contribution in [3.63, 3.8) is 0 Å². The van der Waals surface area contributed by atoms with Crippen LogP contribution >= 0.6 is 23.2 Å². The Hall–Kier alpha value is -2.56. The van der Waals surface area contributed by atoms with E-state index in [-0.39, 0.29) is 0 Å². The highest BCUT2D eigenvalue weighted by atomic mass is 35.5. The normalized spacial score (nSPS) is 10.4. The van der Waals surface area contributed by atoms with E-state index in [0.29, 0.717) is 40.4 Å². The highest BCUT2D eigenvalue weighted by molar-refractivity contribution is 6.32. The fourth-order valence-corrected chi connectivity index (χ4v) is 3.26. The highest BCUT2D eigenvalue weighted by Gasteiger charge is 2.14. The van der Waals surface area contributed by atoms with Crippen molar-refractivity contribution in [1.82, 2.24) is 0 Å². The van der Waals surface area contributed by atoms with E-state index in [2.05, 4.69) is 5.32 Å². The van der Waals surface area contributed by atoms with Gasteiger partial charge in [-0.3, -0.25) is 0 Å². The number of anilines is 1. The molecular formula is C22H21Cl2NO3. The zero-order chi connectivity index (χ0) is 19.9. The minimum absolute atomic E-state index is 0.431. The van der Waals surface area contributed by atoms with Crippen LogP contribution in [0.5, 0.6) is 17.2 Å². The van der Waals surface area contributed by atoms with Crippen molar-refractivity contribution in [3.05, 3.63) is 81.8 Å². The maximum Gasteiger partial charge on any atom is 0.166 e. The van der Waals surface area contributed by atoms with Gasteiger partial charge in [0.05, 0.1) is 19.2 Å². The molecule has 3 rings (SSSR count). The van der Waals surface area contributed by atoms with Crippen LogP contribution in [0, 0.1) is 0 Å². The minimum atomic E-state index is 0.431. The first-order chi connectivity index (χ1) is 13.6. The van der Waals surface area contributed by atoms with Gasteiger partial charge in [0.1, 0.15) is 12.4 Å². The zero-order valence-electron chi connectivity index (χ0n) is 15.7. The Morgan fingerprint density at radius 3 is 2.29 bits per heavy atom. The number of benzene rings is 3. The molecule has 0 aliphatic carbocycles. The van der Waals surface area contributed by atoms with Gasteiger partial charge in [0.25, 0.3) is 0 Å². The second kappa shape index (κ2) is 9.58. The summed E-state index contributed by atoms with van der Waals surface area (Å²) in [5, 5.41) is 4.45. The molecule has 0 heterocycles. The number of ether oxygens (including phenoxy) is 3. The Labute approximate surface area is 175 Å². The Morgan fingerprint density at radius 1 is 0.857 bits per heavy atom. The van der Waals surface area contributed by atoms with Crippen LogP contribution < -0.4 is 19.5 Å². The number of nitrogens with one attached hydrogen (secondary N) is 1. The molecule has 6 heteroatoms. The van der Waals surface area contributed by atoms with Crippen LogP contribution in [0.3, 0.4) is 0 Å². The van der Waals surface area contributed by atoms with Crippen LogP contribution in [0.25, 0.3) is 0 Å². The Bertz CT molecular complexity index is 933. The van der Waals surface area contributed by atoms with E-state index in [1.165, 1.54) is 0 Å². The van der Waals surface area contributed by atoms with Crippen LogP contribution in [-0.2, 0) is 13.2 Å². The molecule has 0 fully saturated rings. The Morgan fingerprint density at radius 2 is 1.61 bits per heavy atom. The van der Waals surface area contributed by atoms with Crippen LogP contribution in [-0.4, -0.2) is 14.2 Å². The molecule has 0 aliphatic heterocycles. The van der Waals surface area contributed by atoms with Crippen LogP contribution in [0.15, 0.2) is 60.7 Å². The molecule has 4 nitrogen and oxygen atoms in total. The maximum absolute atomic E-state index is 6.26.